The van der Waals surface area contributed by atoms with Crippen LogP contribution < -0.4 is 0 Å². The molecule has 0 radical (unpaired) electrons. The van der Waals surface area contributed by atoms with E-state index in [0.717, 1.165) is 18.4 Å². The van der Waals surface area contributed by atoms with Gasteiger partial charge in [0.1, 0.15) is 0 Å². The Morgan fingerprint density at radius 3 is 2.45 bits per heavy atom. The molecule has 0 aromatic heterocycles. The molecule has 20 heavy (non-hydrogen) atoms. The molecule has 4 nitrogen and oxygen atoms in total. The largest absolute Gasteiger partial charge is 0.481 e. The molecule has 1 aliphatic rings. The van der Waals surface area contributed by atoms with Crippen molar-refractivity contribution < 1.29 is 18.3 Å². The zero-order valence-corrected chi connectivity index (χ0v) is 14.4. The van der Waals surface area contributed by atoms with Crippen LogP contribution in [0, 0.1) is 0 Å². The Balaban J connectivity index is 2.58. The zero-order chi connectivity index (χ0) is 15.1. The van der Waals surface area contributed by atoms with Gasteiger partial charge in [0, 0.05) is 21.0 Å². The minimum atomic E-state index is -3.35. The Morgan fingerprint density at radius 2 is 2.05 bits per heavy atom. The molecule has 110 valence electrons. The SMILES string of the molecule is CSc1c(Br)cc(C2(CC(=O)O)CC2)cc1S(C)(=O)=O. The highest BCUT2D eigenvalue weighted by Crippen LogP contribution is 2.52. The average Bonchev–Trinajstić information content (AvgIpc) is 3.06. The highest BCUT2D eigenvalue weighted by molar-refractivity contribution is 9.10. The van der Waals surface area contributed by atoms with Gasteiger partial charge in [0.15, 0.2) is 9.84 Å². The Hall–Kier alpha value is -0.530. The van der Waals surface area contributed by atoms with Crippen molar-refractivity contribution in [1.29, 1.82) is 0 Å². The van der Waals surface area contributed by atoms with Crippen LogP contribution in [-0.4, -0.2) is 32.0 Å². The second-order valence-electron chi connectivity index (χ2n) is 5.11. The summed E-state index contributed by atoms with van der Waals surface area (Å²) in [6.45, 7) is 0. The van der Waals surface area contributed by atoms with Crippen molar-refractivity contribution in [1.82, 2.24) is 0 Å². The van der Waals surface area contributed by atoms with E-state index >= 15 is 0 Å². The Bertz CT molecular complexity index is 663. The number of thioether (sulfide) groups is 1. The number of aliphatic carboxylic acids is 1. The third kappa shape index (κ3) is 3.04. The lowest BCUT2D eigenvalue weighted by Crippen LogP contribution is -2.14. The van der Waals surface area contributed by atoms with Crippen molar-refractivity contribution in [3.05, 3.63) is 22.2 Å². The third-order valence-corrected chi connectivity index (χ3v) is 6.55. The number of benzene rings is 1. The minimum Gasteiger partial charge on any atom is -0.481 e. The van der Waals surface area contributed by atoms with E-state index in [4.69, 9.17) is 5.11 Å². The predicted octanol–water partition coefficient (Wildman–Crippen LogP) is 3.08. The average molecular weight is 379 g/mol. The maximum atomic E-state index is 11.9. The summed E-state index contributed by atoms with van der Waals surface area (Å²) in [7, 11) is -3.35. The van der Waals surface area contributed by atoms with Crippen molar-refractivity contribution in [2.75, 3.05) is 12.5 Å². The van der Waals surface area contributed by atoms with Crippen LogP contribution >= 0.6 is 27.7 Å². The Labute approximate surface area is 131 Å². The smallest absolute Gasteiger partial charge is 0.304 e. The summed E-state index contributed by atoms with van der Waals surface area (Å²) in [5.41, 5.74) is 0.398. The molecule has 1 fully saturated rings. The summed E-state index contributed by atoms with van der Waals surface area (Å²) in [6.07, 6.45) is 4.61. The fourth-order valence-corrected chi connectivity index (χ4v) is 5.44. The van der Waals surface area contributed by atoms with Crippen LogP contribution in [0.15, 0.2) is 26.4 Å². The van der Waals surface area contributed by atoms with E-state index in [1.165, 1.54) is 18.0 Å². The van der Waals surface area contributed by atoms with Gasteiger partial charge in [-0.2, -0.15) is 0 Å². The number of carboxylic acid groups (broad SMARTS) is 1. The highest BCUT2D eigenvalue weighted by Gasteiger charge is 2.46. The molecule has 7 heteroatoms. The number of sulfone groups is 1. The van der Waals surface area contributed by atoms with E-state index in [2.05, 4.69) is 15.9 Å². The van der Waals surface area contributed by atoms with Crippen LogP contribution in [-0.2, 0) is 20.0 Å². The fraction of sp³-hybridized carbons (Fsp3) is 0.462. The first-order valence-corrected chi connectivity index (χ1v) is 9.90. The number of halogens is 1. The van der Waals surface area contributed by atoms with E-state index < -0.39 is 21.2 Å². The number of hydrogen-bond donors (Lipinski definition) is 1. The molecule has 0 amide bonds. The molecular formula is C13H15BrO4S2. The van der Waals surface area contributed by atoms with E-state index in [1.807, 2.05) is 12.3 Å². The number of carboxylic acids is 1. The molecule has 1 aromatic carbocycles. The second kappa shape index (κ2) is 5.35. The monoisotopic (exact) mass is 378 g/mol. The normalized spacial score (nSPS) is 16.9. The molecule has 0 bridgehead atoms. The lowest BCUT2D eigenvalue weighted by molar-refractivity contribution is -0.137. The molecule has 0 heterocycles. The molecule has 0 aliphatic heterocycles. The summed E-state index contributed by atoms with van der Waals surface area (Å²) in [6, 6.07) is 3.50. The third-order valence-electron chi connectivity index (χ3n) is 3.57. The second-order valence-corrected chi connectivity index (χ2v) is 8.77. The van der Waals surface area contributed by atoms with Gasteiger partial charge in [-0.1, -0.05) is 0 Å². The molecule has 0 saturated heterocycles. The molecule has 2 rings (SSSR count). The quantitative estimate of drug-likeness (QED) is 0.797. The van der Waals surface area contributed by atoms with Gasteiger partial charge in [0.05, 0.1) is 11.3 Å². The standard InChI is InChI=1S/C13H15BrO4S2/c1-19-12-9(14)5-8(6-10(12)20(2,17)18)13(3-4-13)7-11(15)16/h5-6H,3-4,7H2,1-2H3,(H,15,16). The van der Waals surface area contributed by atoms with Gasteiger partial charge in [0.25, 0.3) is 0 Å². The van der Waals surface area contributed by atoms with Gasteiger partial charge in [-0.05, 0) is 52.7 Å². The van der Waals surface area contributed by atoms with Crippen LogP contribution in [0.1, 0.15) is 24.8 Å². The van der Waals surface area contributed by atoms with E-state index in [9.17, 15) is 13.2 Å². The minimum absolute atomic E-state index is 0.0429. The van der Waals surface area contributed by atoms with Crippen molar-refractivity contribution in [3.63, 3.8) is 0 Å². The van der Waals surface area contributed by atoms with E-state index in [1.54, 1.807) is 6.07 Å². The first-order chi connectivity index (χ1) is 9.19. The van der Waals surface area contributed by atoms with E-state index in [0.29, 0.717) is 9.37 Å². The van der Waals surface area contributed by atoms with Gasteiger partial charge in [-0.15, -0.1) is 11.8 Å². The van der Waals surface area contributed by atoms with Crippen LogP contribution in [0.3, 0.4) is 0 Å². The fourth-order valence-electron chi connectivity index (χ4n) is 2.36. The molecule has 1 aromatic rings. The molecule has 1 aliphatic carbocycles. The summed E-state index contributed by atoms with van der Waals surface area (Å²) in [4.78, 5) is 11.9. The molecule has 0 spiro atoms. The highest BCUT2D eigenvalue weighted by atomic mass is 79.9. The maximum absolute atomic E-state index is 11.9. The lowest BCUT2D eigenvalue weighted by Gasteiger charge is -2.17. The molecule has 1 saturated carbocycles. The van der Waals surface area contributed by atoms with Crippen LogP contribution in [0.4, 0.5) is 0 Å². The van der Waals surface area contributed by atoms with E-state index in [-0.39, 0.29) is 11.3 Å². The Morgan fingerprint density at radius 1 is 1.45 bits per heavy atom. The Kier molecular flexibility index (Phi) is 4.24. The first kappa shape index (κ1) is 15.9. The topological polar surface area (TPSA) is 71.4 Å². The lowest BCUT2D eigenvalue weighted by atomic mass is 9.92. The van der Waals surface area contributed by atoms with Crippen molar-refractivity contribution >= 4 is 43.5 Å². The predicted molar refractivity (Wildman–Crippen MR) is 82.2 cm³/mol. The zero-order valence-electron chi connectivity index (χ0n) is 11.1. The summed E-state index contributed by atoms with van der Waals surface area (Å²) in [5, 5.41) is 9.02. The first-order valence-electron chi connectivity index (χ1n) is 5.99. The summed E-state index contributed by atoms with van der Waals surface area (Å²) >= 11 is 4.76. The number of hydrogen-bond acceptors (Lipinski definition) is 4. The van der Waals surface area contributed by atoms with Gasteiger partial charge < -0.3 is 5.11 Å². The van der Waals surface area contributed by atoms with Gasteiger partial charge in [0.2, 0.25) is 0 Å². The van der Waals surface area contributed by atoms with Crippen LogP contribution in [0.25, 0.3) is 0 Å². The van der Waals surface area contributed by atoms with Crippen LogP contribution in [0.2, 0.25) is 0 Å². The van der Waals surface area contributed by atoms with Gasteiger partial charge in [-0.3, -0.25) is 4.79 Å². The molecule has 1 N–H and O–H groups in total. The van der Waals surface area contributed by atoms with Gasteiger partial charge in [-0.25, -0.2) is 8.42 Å². The molecular weight excluding hydrogens is 364 g/mol. The maximum Gasteiger partial charge on any atom is 0.304 e. The summed E-state index contributed by atoms with van der Waals surface area (Å²) < 4.78 is 24.6. The summed E-state index contributed by atoms with van der Waals surface area (Å²) in [5.74, 6) is -0.853. The van der Waals surface area contributed by atoms with Crippen molar-refractivity contribution in [2.45, 2.75) is 34.5 Å². The van der Waals surface area contributed by atoms with Crippen molar-refractivity contribution in [2.24, 2.45) is 0 Å². The number of carbonyl (C=O) groups is 1. The number of rotatable bonds is 5. The molecule has 0 atom stereocenters. The molecule has 0 unspecified atom stereocenters. The van der Waals surface area contributed by atoms with Crippen molar-refractivity contribution in [3.8, 4) is 0 Å². The van der Waals surface area contributed by atoms with Crippen LogP contribution in [0.5, 0.6) is 0 Å². The van der Waals surface area contributed by atoms with Gasteiger partial charge >= 0.3 is 5.97 Å².